The number of nitrogens with zero attached hydrogens (tertiary/aromatic N) is 4. The highest BCUT2D eigenvalue weighted by Gasteiger charge is 2.40. The van der Waals surface area contributed by atoms with E-state index in [2.05, 4.69) is 10.3 Å². The summed E-state index contributed by atoms with van der Waals surface area (Å²) in [7, 11) is -2.09. The Hall–Kier alpha value is -3.28. The van der Waals surface area contributed by atoms with E-state index in [4.69, 9.17) is 9.47 Å². The first-order chi connectivity index (χ1) is 17.9. The maximum absolute atomic E-state index is 13.7. The zero-order valence-electron chi connectivity index (χ0n) is 22.3. The second-order valence-electron chi connectivity index (χ2n) is 10.2. The molecule has 0 unspecified atom stereocenters. The number of ether oxygens (including phenoxy) is 2. The number of carboxylic acids is 1. The second kappa shape index (κ2) is 10.8. The van der Waals surface area contributed by atoms with Crippen molar-refractivity contribution in [1.29, 1.82) is 0 Å². The van der Waals surface area contributed by atoms with Gasteiger partial charge in [0.15, 0.2) is 0 Å². The number of carbonyl (C=O) groups is 1. The quantitative estimate of drug-likeness (QED) is 0.432. The van der Waals surface area contributed by atoms with Gasteiger partial charge in [-0.1, -0.05) is 42.5 Å². The molecule has 1 aromatic heterocycles. The van der Waals surface area contributed by atoms with Gasteiger partial charge in [0.2, 0.25) is 10.0 Å². The number of carboxylic acid groups (broad SMARTS) is 1. The van der Waals surface area contributed by atoms with Crippen LogP contribution in [0.4, 0.5) is 0 Å². The lowest BCUT2D eigenvalue weighted by atomic mass is 9.81. The van der Waals surface area contributed by atoms with Gasteiger partial charge in [-0.05, 0) is 56.0 Å². The topological polar surface area (TPSA) is 124 Å². The average Bonchev–Trinajstić information content (AvgIpc) is 3.25. The van der Waals surface area contributed by atoms with Gasteiger partial charge in [0.25, 0.3) is 0 Å². The van der Waals surface area contributed by atoms with Crippen LogP contribution in [0, 0.1) is 12.3 Å². The van der Waals surface area contributed by atoms with E-state index in [9.17, 15) is 18.3 Å². The highest BCUT2D eigenvalue weighted by molar-refractivity contribution is 7.89. The van der Waals surface area contributed by atoms with Gasteiger partial charge in [0.1, 0.15) is 22.4 Å². The summed E-state index contributed by atoms with van der Waals surface area (Å²) in [6.07, 6.45) is 1.23. The molecule has 0 fully saturated rings. The zero-order chi connectivity index (χ0) is 27.7. The van der Waals surface area contributed by atoms with E-state index >= 15 is 0 Å². The number of hydrogen-bond donors (Lipinski definition) is 1. The van der Waals surface area contributed by atoms with Crippen molar-refractivity contribution in [2.75, 3.05) is 6.54 Å². The highest BCUT2D eigenvalue weighted by Crippen LogP contribution is 2.39. The fourth-order valence-corrected chi connectivity index (χ4v) is 6.05. The summed E-state index contributed by atoms with van der Waals surface area (Å²) in [6.45, 7) is 7.47. The van der Waals surface area contributed by atoms with Crippen LogP contribution in [0.3, 0.4) is 0 Å². The lowest BCUT2D eigenvalue weighted by Crippen LogP contribution is -2.36. The zero-order valence-corrected chi connectivity index (χ0v) is 23.1. The van der Waals surface area contributed by atoms with E-state index in [0.717, 1.165) is 11.1 Å². The third-order valence-electron chi connectivity index (χ3n) is 6.90. The van der Waals surface area contributed by atoms with Gasteiger partial charge in [-0.15, -0.1) is 5.10 Å². The van der Waals surface area contributed by atoms with Crippen molar-refractivity contribution < 1.29 is 27.8 Å². The maximum Gasteiger partial charge on any atom is 0.312 e. The van der Waals surface area contributed by atoms with E-state index in [1.165, 1.54) is 4.31 Å². The maximum atomic E-state index is 13.7. The van der Waals surface area contributed by atoms with Crippen molar-refractivity contribution in [1.82, 2.24) is 19.3 Å². The van der Waals surface area contributed by atoms with Crippen molar-refractivity contribution in [2.45, 2.75) is 64.4 Å². The Kier molecular flexibility index (Phi) is 7.91. The molecule has 3 aromatic rings. The molecule has 11 heteroatoms. The molecule has 38 heavy (non-hydrogen) atoms. The lowest BCUT2D eigenvalue weighted by Gasteiger charge is -2.31. The number of aliphatic carboxylic acids is 1. The van der Waals surface area contributed by atoms with Gasteiger partial charge in [0.05, 0.1) is 30.9 Å². The molecule has 2 aromatic carbocycles. The Morgan fingerprint density at radius 3 is 2.66 bits per heavy atom. The van der Waals surface area contributed by atoms with Gasteiger partial charge in [-0.25, -0.2) is 8.42 Å². The van der Waals surface area contributed by atoms with Crippen LogP contribution >= 0.6 is 0 Å². The molecular formula is C27H34N4O6S. The molecule has 0 bridgehead atoms. The normalized spacial score (nSPS) is 18.3. The van der Waals surface area contributed by atoms with E-state index in [0.29, 0.717) is 23.4 Å². The summed E-state index contributed by atoms with van der Waals surface area (Å²) in [5.41, 5.74) is 1.58. The van der Waals surface area contributed by atoms with Crippen molar-refractivity contribution in [3.8, 4) is 5.75 Å². The van der Waals surface area contributed by atoms with E-state index in [1.54, 1.807) is 56.0 Å². The van der Waals surface area contributed by atoms with Crippen LogP contribution in [0.25, 0.3) is 0 Å². The number of benzene rings is 2. The smallest absolute Gasteiger partial charge is 0.312 e. The highest BCUT2D eigenvalue weighted by atomic mass is 32.2. The Bertz CT molecular complexity index is 1420. The molecule has 204 valence electrons. The molecule has 0 aliphatic carbocycles. The number of sulfonamides is 1. The van der Waals surface area contributed by atoms with Gasteiger partial charge in [-0.2, -0.15) is 4.31 Å². The molecule has 0 spiro atoms. The average molecular weight is 543 g/mol. The number of rotatable bonds is 9. The summed E-state index contributed by atoms with van der Waals surface area (Å²) in [4.78, 5) is 12.4. The van der Waals surface area contributed by atoms with Crippen molar-refractivity contribution in [3.05, 3.63) is 71.0 Å². The van der Waals surface area contributed by atoms with Crippen molar-refractivity contribution in [2.24, 2.45) is 12.5 Å². The predicted molar refractivity (Wildman–Crippen MR) is 140 cm³/mol. The number of aromatic nitrogens is 3. The van der Waals surface area contributed by atoms with Gasteiger partial charge in [0, 0.05) is 13.6 Å². The largest absolute Gasteiger partial charge is 0.488 e. The fourth-order valence-electron chi connectivity index (χ4n) is 4.48. The summed E-state index contributed by atoms with van der Waals surface area (Å²) in [6, 6.07) is 12.2. The van der Waals surface area contributed by atoms with Gasteiger partial charge < -0.3 is 14.6 Å². The Labute approximate surface area is 223 Å². The SMILES string of the molecule is CC[C@@H]1CN(Cc2cc([C@@H](OCc3cn(C)nn3)C(C)(C)C(=O)O)ccc2C)S(=O)(=O)c2ccccc2O1. The second-order valence-corrected chi connectivity index (χ2v) is 12.1. The fraction of sp³-hybridized carbons (Fsp3) is 0.444. The first kappa shape index (κ1) is 27.7. The molecule has 0 saturated heterocycles. The van der Waals surface area contributed by atoms with Crippen LogP contribution in [0.1, 0.15) is 55.7 Å². The predicted octanol–water partition coefficient (Wildman–Crippen LogP) is 3.85. The van der Waals surface area contributed by atoms with E-state index in [-0.39, 0.29) is 30.7 Å². The minimum absolute atomic E-state index is 0.0746. The molecule has 0 amide bonds. The van der Waals surface area contributed by atoms with Gasteiger partial charge >= 0.3 is 5.97 Å². The number of para-hydroxylation sites is 1. The minimum Gasteiger partial charge on any atom is -0.488 e. The van der Waals surface area contributed by atoms with Crippen LogP contribution < -0.4 is 4.74 Å². The number of fused-ring (bicyclic) bond motifs is 1. The van der Waals surface area contributed by atoms with Crippen LogP contribution in [0.5, 0.6) is 5.75 Å². The van der Waals surface area contributed by atoms with Crippen LogP contribution in [0.2, 0.25) is 0 Å². The van der Waals surface area contributed by atoms with Crippen molar-refractivity contribution in [3.63, 3.8) is 0 Å². The Morgan fingerprint density at radius 2 is 2.00 bits per heavy atom. The Balaban J connectivity index is 1.69. The summed E-state index contributed by atoms with van der Waals surface area (Å²) in [5.74, 6) is -0.661. The van der Waals surface area contributed by atoms with E-state index < -0.39 is 27.5 Å². The first-order valence-electron chi connectivity index (χ1n) is 12.5. The van der Waals surface area contributed by atoms with Crippen LogP contribution in [0.15, 0.2) is 53.6 Å². The summed E-state index contributed by atoms with van der Waals surface area (Å²) >= 11 is 0. The lowest BCUT2D eigenvalue weighted by molar-refractivity contribution is -0.158. The van der Waals surface area contributed by atoms with Crippen LogP contribution in [-0.4, -0.2) is 51.4 Å². The molecule has 4 rings (SSSR count). The third kappa shape index (κ3) is 5.59. The first-order valence-corrected chi connectivity index (χ1v) is 13.9. The molecule has 1 aliphatic rings. The van der Waals surface area contributed by atoms with E-state index in [1.807, 2.05) is 32.0 Å². The Morgan fingerprint density at radius 1 is 1.26 bits per heavy atom. The molecule has 2 atom stereocenters. The summed E-state index contributed by atoms with van der Waals surface area (Å²) < 4.78 is 42.5. The molecule has 10 nitrogen and oxygen atoms in total. The molecule has 1 aliphatic heterocycles. The van der Waals surface area contributed by atoms with Crippen LogP contribution in [-0.2, 0) is 39.8 Å². The minimum atomic E-state index is -3.83. The monoisotopic (exact) mass is 542 g/mol. The standard InChI is InChI=1S/C27H34N4O6S/c1-6-22-16-31(38(34,35)24-10-8-7-9-23(24)37-22)14-20-13-19(12-11-18(20)2)25(27(3,4)26(32)33)36-17-21-15-30(5)29-28-21/h7-13,15,22,25H,6,14,16-17H2,1-5H3,(H,32,33)/t22-,25-/m1/s1. The van der Waals surface area contributed by atoms with Gasteiger partial charge in [-0.3, -0.25) is 9.48 Å². The third-order valence-corrected chi connectivity index (χ3v) is 8.75. The molecule has 0 saturated carbocycles. The summed E-state index contributed by atoms with van der Waals surface area (Å²) in [5, 5.41) is 17.9. The molecular weight excluding hydrogens is 508 g/mol. The number of aryl methyl sites for hydroxylation is 2. The number of hydrogen-bond acceptors (Lipinski definition) is 7. The molecule has 2 heterocycles. The van der Waals surface area contributed by atoms with Crippen molar-refractivity contribution >= 4 is 16.0 Å². The molecule has 0 radical (unpaired) electrons. The molecule has 1 N–H and O–H groups in total.